The number of nitrogens with zero attached hydrogens (tertiary/aromatic N) is 4. The minimum atomic E-state index is 0.675. The lowest BCUT2D eigenvalue weighted by molar-refractivity contribution is 1.02. The van der Waals surface area contributed by atoms with Crippen molar-refractivity contribution in [3.05, 3.63) is 71.7 Å². The van der Waals surface area contributed by atoms with Crippen LogP contribution in [-0.2, 0) is 0 Å². The van der Waals surface area contributed by atoms with Gasteiger partial charge < -0.3 is 5.32 Å². The predicted octanol–water partition coefficient (Wildman–Crippen LogP) is 4.46. The summed E-state index contributed by atoms with van der Waals surface area (Å²) in [6, 6.07) is 16.1. The number of benzene rings is 1. The SMILES string of the molecule is Cc1cc(C)n2c(Nc3ccccc3C)c(-c3ccccn3)nc2n1. The van der Waals surface area contributed by atoms with Crippen molar-refractivity contribution in [2.24, 2.45) is 0 Å². The van der Waals surface area contributed by atoms with Crippen molar-refractivity contribution in [1.82, 2.24) is 19.4 Å². The molecule has 0 saturated heterocycles. The molecule has 5 heteroatoms. The van der Waals surface area contributed by atoms with Gasteiger partial charge in [-0.1, -0.05) is 24.3 Å². The van der Waals surface area contributed by atoms with E-state index < -0.39 is 0 Å². The van der Waals surface area contributed by atoms with Crippen LogP contribution in [0.5, 0.6) is 0 Å². The number of hydrogen-bond acceptors (Lipinski definition) is 4. The van der Waals surface area contributed by atoms with Gasteiger partial charge in [-0.25, -0.2) is 9.97 Å². The van der Waals surface area contributed by atoms with E-state index >= 15 is 0 Å². The van der Waals surface area contributed by atoms with Crippen molar-refractivity contribution in [3.63, 3.8) is 0 Å². The van der Waals surface area contributed by atoms with Crippen LogP contribution in [0.2, 0.25) is 0 Å². The maximum Gasteiger partial charge on any atom is 0.236 e. The maximum absolute atomic E-state index is 4.76. The van der Waals surface area contributed by atoms with Gasteiger partial charge in [-0.2, -0.15) is 0 Å². The van der Waals surface area contributed by atoms with Crippen LogP contribution in [0.15, 0.2) is 54.7 Å². The highest BCUT2D eigenvalue weighted by Gasteiger charge is 2.18. The third-order valence-corrected chi connectivity index (χ3v) is 4.21. The fourth-order valence-corrected chi connectivity index (χ4v) is 3.01. The largest absolute Gasteiger partial charge is 0.339 e. The second-order valence-electron chi connectivity index (χ2n) is 6.14. The summed E-state index contributed by atoms with van der Waals surface area (Å²) in [5, 5.41) is 3.54. The van der Waals surface area contributed by atoms with E-state index in [4.69, 9.17) is 4.98 Å². The zero-order valence-electron chi connectivity index (χ0n) is 14.5. The van der Waals surface area contributed by atoms with Crippen molar-refractivity contribution in [2.75, 3.05) is 5.32 Å². The number of hydrogen-bond donors (Lipinski definition) is 1. The lowest BCUT2D eigenvalue weighted by Crippen LogP contribution is -2.02. The van der Waals surface area contributed by atoms with Crippen LogP contribution in [0.3, 0.4) is 0 Å². The zero-order valence-corrected chi connectivity index (χ0v) is 14.5. The van der Waals surface area contributed by atoms with Gasteiger partial charge in [0.25, 0.3) is 0 Å². The molecule has 0 saturated carbocycles. The lowest BCUT2D eigenvalue weighted by Gasteiger charge is -2.12. The molecule has 0 radical (unpaired) electrons. The Kier molecular flexibility index (Phi) is 3.69. The summed E-state index contributed by atoms with van der Waals surface area (Å²) < 4.78 is 2.05. The molecular formula is C20H19N5. The van der Waals surface area contributed by atoms with E-state index in [-0.39, 0.29) is 0 Å². The molecule has 124 valence electrons. The third kappa shape index (κ3) is 2.74. The van der Waals surface area contributed by atoms with Gasteiger partial charge in [0, 0.05) is 23.3 Å². The first kappa shape index (κ1) is 15.3. The molecule has 4 rings (SSSR count). The highest BCUT2D eigenvalue weighted by Crippen LogP contribution is 2.31. The fourth-order valence-electron chi connectivity index (χ4n) is 3.01. The summed E-state index contributed by atoms with van der Waals surface area (Å²) in [7, 11) is 0. The Morgan fingerprint density at radius 3 is 2.48 bits per heavy atom. The standard InChI is InChI=1S/C20H19N5/c1-13-8-4-5-9-16(13)23-19-18(17-10-6-7-11-21-17)24-20-22-14(2)12-15(3)25(19)20/h4-12,23H,1-3H3. The van der Waals surface area contributed by atoms with Gasteiger partial charge >= 0.3 is 0 Å². The van der Waals surface area contributed by atoms with Gasteiger partial charge in [-0.05, 0) is 50.6 Å². The first-order valence-corrected chi connectivity index (χ1v) is 8.24. The van der Waals surface area contributed by atoms with Crippen molar-refractivity contribution < 1.29 is 0 Å². The minimum absolute atomic E-state index is 0.675. The minimum Gasteiger partial charge on any atom is -0.339 e. The molecule has 25 heavy (non-hydrogen) atoms. The lowest BCUT2D eigenvalue weighted by atomic mass is 10.2. The molecule has 3 heterocycles. The topological polar surface area (TPSA) is 55.1 Å². The molecule has 0 aliphatic heterocycles. The molecule has 0 fully saturated rings. The number of aryl methyl sites for hydroxylation is 3. The van der Waals surface area contributed by atoms with Crippen molar-refractivity contribution in [2.45, 2.75) is 20.8 Å². The molecular weight excluding hydrogens is 310 g/mol. The van der Waals surface area contributed by atoms with E-state index in [0.717, 1.165) is 34.3 Å². The van der Waals surface area contributed by atoms with E-state index in [0.29, 0.717) is 5.78 Å². The third-order valence-electron chi connectivity index (χ3n) is 4.21. The van der Waals surface area contributed by atoms with Crippen molar-refractivity contribution >= 4 is 17.3 Å². The number of nitrogens with one attached hydrogen (secondary N) is 1. The summed E-state index contributed by atoms with van der Waals surface area (Å²) >= 11 is 0. The average Bonchev–Trinajstić information content (AvgIpc) is 2.96. The van der Waals surface area contributed by atoms with Crippen LogP contribution in [0.1, 0.15) is 17.0 Å². The predicted molar refractivity (Wildman–Crippen MR) is 100 cm³/mol. The summed E-state index contributed by atoms with van der Waals surface area (Å²) in [6.45, 7) is 6.13. The molecule has 0 spiro atoms. The molecule has 0 aliphatic rings. The molecule has 0 bridgehead atoms. The molecule has 0 unspecified atom stereocenters. The Morgan fingerprint density at radius 2 is 1.72 bits per heavy atom. The quantitative estimate of drug-likeness (QED) is 0.603. The Morgan fingerprint density at radius 1 is 0.920 bits per heavy atom. The number of pyridine rings is 1. The smallest absolute Gasteiger partial charge is 0.236 e. The molecule has 3 aromatic heterocycles. The number of imidazole rings is 1. The average molecular weight is 329 g/mol. The van der Waals surface area contributed by atoms with Crippen LogP contribution in [0, 0.1) is 20.8 Å². The van der Waals surface area contributed by atoms with Gasteiger partial charge in [0.05, 0.1) is 5.69 Å². The summed E-state index contributed by atoms with van der Waals surface area (Å²) in [4.78, 5) is 13.8. The Hall–Kier alpha value is -3.21. The highest BCUT2D eigenvalue weighted by atomic mass is 15.2. The number of para-hydroxylation sites is 1. The zero-order chi connectivity index (χ0) is 17.4. The van der Waals surface area contributed by atoms with E-state index in [2.05, 4.69) is 47.3 Å². The van der Waals surface area contributed by atoms with Crippen LogP contribution in [0.4, 0.5) is 11.5 Å². The van der Waals surface area contributed by atoms with E-state index in [1.165, 1.54) is 5.56 Å². The Labute approximate surface area is 146 Å². The first-order chi connectivity index (χ1) is 12.1. The van der Waals surface area contributed by atoms with Gasteiger partial charge in [-0.3, -0.25) is 9.38 Å². The summed E-state index contributed by atoms with van der Waals surface area (Å²) in [5.41, 5.74) is 5.85. The second-order valence-corrected chi connectivity index (χ2v) is 6.14. The highest BCUT2D eigenvalue weighted by molar-refractivity contribution is 5.78. The van der Waals surface area contributed by atoms with Crippen molar-refractivity contribution in [1.29, 1.82) is 0 Å². The molecule has 1 N–H and O–H groups in total. The molecule has 0 amide bonds. The van der Waals surface area contributed by atoms with Crippen LogP contribution in [-0.4, -0.2) is 19.4 Å². The summed E-state index contributed by atoms with van der Waals surface area (Å²) in [5.74, 6) is 1.56. The van der Waals surface area contributed by atoms with Gasteiger partial charge in [0.1, 0.15) is 11.5 Å². The number of rotatable bonds is 3. The monoisotopic (exact) mass is 329 g/mol. The summed E-state index contributed by atoms with van der Waals surface area (Å²) in [6.07, 6.45) is 1.78. The maximum atomic E-state index is 4.76. The van der Waals surface area contributed by atoms with E-state index in [1.54, 1.807) is 6.20 Å². The van der Waals surface area contributed by atoms with Crippen LogP contribution >= 0.6 is 0 Å². The number of aromatic nitrogens is 4. The molecule has 0 aliphatic carbocycles. The van der Waals surface area contributed by atoms with Gasteiger partial charge in [0.2, 0.25) is 5.78 Å². The Bertz CT molecular complexity index is 1050. The van der Waals surface area contributed by atoms with Crippen molar-refractivity contribution in [3.8, 4) is 11.4 Å². The number of fused-ring (bicyclic) bond motifs is 1. The molecule has 1 aromatic carbocycles. The fraction of sp³-hybridized carbons (Fsp3) is 0.150. The van der Waals surface area contributed by atoms with E-state index in [9.17, 15) is 0 Å². The van der Waals surface area contributed by atoms with Gasteiger partial charge in [0.15, 0.2) is 0 Å². The van der Waals surface area contributed by atoms with Crippen LogP contribution in [0.25, 0.3) is 17.2 Å². The van der Waals surface area contributed by atoms with E-state index in [1.807, 2.05) is 41.7 Å². The van der Waals surface area contributed by atoms with Gasteiger partial charge in [-0.15, -0.1) is 0 Å². The molecule has 4 aromatic rings. The molecule has 5 nitrogen and oxygen atoms in total. The number of anilines is 2. The second kappa shape index (κ2) is 6.02. The Balaban J connectivity index is 1.98. The van der Waals surface area contributed by atoms with Crippen LogP contribution < -0.4 is 5.32 Å². The first-order valence-electron chi connectivity index (χ1n) is 8.24. The normalized spacial score (nSPS) is 11.0. The molecule has 0 atom stereocenters.